The third-order valence-corrected chi connectivity index (χ3v) is 4.57. The van der Waals surface area contributed by atoms with E-state index in [-0.39, 0.29) is 10.7 Å². The maximum absolute atomic E-state index is 12.6. The van der Waals surface area contributed by atoms with E-state index < -0.39 is 6.29 Å². The molecule has 110 valence electrons. The van der Waals surface area contributed by atoms with Crippen LogP contribution in [0, 0.1) is 0 Å². The van der Waals surface area contributed by atoms with Crippen LogP contribution >= 0.6 is 11.8 Å². The molecule has 3 rings (SSSR count). The maximum Gasteiger partial charge on any atom is 0.206 e. The minimum atomic E-state index is -0.472. The van der Waals surface area contributed by atoms with Gasteiger partial charge in [0.05, 0.1) is 10.3 Å². The van der Waals surface area contributed by atoms with Crippen LogP contribution in [0.25, 0.3) is 17.0 Å². The molecule has 0 N–H and O–H groups in total. The fourth-order valence-electron chi connectivity index (χ4n) is 2.39. The SMILES string of the molecule is COC(OC)c1ccc2c(=O)c3c(oc2c1)C=CC(C)S3. The molecular weight excluding hydrogens is 288 g/mol. The molecule has 5 heteroatoms. The zero-order valence-electron chi connectivity index (χ0n) is 12.1. The van der Waals surface area contributed by atoms with Crippen molar-refractivity contribution in [3.05, 3.63) is 45.8 Å². The molecule has 1 atom stereocenters. The Balaban J connectivity index is 2.19. The summed E-state index contributed by atoms with van der Waals surface area (Å²) in [6.07, 6.45) is 3.42. The van der Waals surface area contributed by atoms with E-state index in [1.54, 1.807) is 26.4 Å². The van der Waals surface area contributed by atoms with Gasteiger partial charge in [0, 0.05) is 25.0 Å². The van der Waals surface area contributed by atoms with Gasteiger partial charge in [-0.1, -0.05) is 12.1 Å². The normalized spacial score (nSPS) is 17.4. The second kappa shape index (κ2) is 5.67. The molecule has 4 nitrogen and oxygen atoms in total. The zero-order valence-corrected chi connectivity index (χ0v) is 12.9. The van der Waals surface area contributed by atoms with E-state index in [4.69, 9.17) is 13.9 Å². The smallest absolute Gasteiger partial charge is 0.206 e. The second-order valence-electron chi connectivity index (χ2n) is 4.87. The van der Waals surface area contributed by atoms with Crippen molar-refractivity contribution in [2.24, 2.45) is 0 Å². The van der Waals surface area contributed by atoms with Crippen molar-refractivity contribution in [1.82, 2.24) is 0 Å². The van der Waals surface area contributed by atoms with Crippen LogP contribution in [0.3, 0.4) is 0 Å². The number of rotatable bonds is 3. The van der Waals surface area contributed by atoms with E-state index in [0.29, 0.717) is 21.6 Å². The third kappa shape index (κ3) is 2.52. The lowest BCUT2D eigenvalue weighted by Crippen LogP contribution is -2.12. The van der Waals surface area contributed by atoms with Gasteiger partial charge in [0.15, 0.2) is 6.29 Å². The number of hydrogen-bond acceptors (Lipinski definition) is 5. The largest absolute Gasteiger partial charge is 0.455 e. The first-order valence-electron chi connectivity index (χ1n) is 6.65. The van der Waals surface area contributed by atoms with E-state index in [9.17, 15) is 4.79 Å². The van der Waals surface area contributed by atoms with Crippen molar-refractivity contribution >= 4 is 28.8 Å². The molecule has 21 heavy (non-hydrogen) atoms. The van der Waals surface area contributed by atoms with Crippen LogP contribution in [0.2, 0.25) is 0 Å². The molecule has 1 unspecified atom stereocenters. The van der Waals surface area contributed by atoms with E-state index in [1.165, 1.54) is 11.8 Å². The van der Waals surface area contributed by atoms with Gasteiger partial charge in [-0.15, -0.1) is 11.8 Å². The van der Waals surface area contributed by atoms with Gasteiger partial charge in [-0.2, -0.15) is 0 Å². The molecule has 0 fully saturated rings. The molecule has 0 spiro atoms. The average molecular weight is 304 g/mol. The molecule has 1 aliphatic rings. The van der Waals surface area contributed by atoms with Crippen LogP contribution in [0.15, 0.2) is 38.4 Å². The minimum Gasteiger partial charge on any atom is -0.455 e. The molecule has 0 amide bonds. The first kappa shape index (κ1) is 14.4. The molecule has 0 bridgehead atoms. The van der Waals surface area contributed by atoms with Gasteiger partial charge in [-0.25, -0.2) is 0 Å². The van der Waals surface area contributed by atoms with Gasteiger partial charge in [0.1, 0.15) is 11.3 Å². The summed E-state index contributed by atoms with van der Waals surface area (Å²) in [5.41, 5.74) is 1.39. The lowest BCUT2D eigenvalue weighted by molar-refractivity contribution is -0.105. The molecule has 1 aromatic carbocycles. The van der Waals surface area contributed by atoms with Crippen molar-refractivity contribution in [3.63, 3.8) is 0 Å². The Hall–Kier alpha value is -1.56. The molecule has 2 heterocycles. The predicted molar refractivity (Wildman–Crippen MR) is 83.6 cm³/mol. The topological polar surface area (TPSA) is 48.7 Å². The van der Waals surface area contributed by atoms with Gasteiger partial charge in [-0.3, -0.25) is 4.79 Å². The lowest BCUT2D eigenvalue weighted by atomic mass is 10.1. The maximum atomic E-state index is 12.6. The van der Waals surface area contributed by atoms with Crippen molar-refractivity contribution in [1.29, 1.82) is 0 Å². The molecule has 0 saturated heterocycles. The van der Waals surface area contributed by atoms with Gasteiger partial charge in [0.2, 0.25) is 5.43 Å². The number of methoxy groups -OCH3 is 2. The lowest BCUT2D eigenvalue weighted by Gasteiger charge is -2.16. The Labute approximate surface area is 126 Å². The van der Waals surface area contributed by atoms with Crippen LogP contribution in [0.4, 0.5) is 0 Å². The molecule has 0 aliphatic carbocycles. The summed E-state index contributed by atoms with van der Waals surface area (Å²) in [5.74, 6) is 0.624. The number of thioether (sulfide) groups is 1. The molecule has 1 aromatic heterocycles. The van der Waals surface area contributed by atoms with E-state index in [1.807, 2.05) is 18.2 Å². The number of ether oxygens (including phenoxy) is 2. The highest BCUT2D eigenvalue weighted by molar-refractivity contribution is 8.00. The monoisotopic (exact) mass is 304 g/mol. The van der Waals surface area contributed by atoms with Crippen LogP contribution in [-0.2, 0) is 9.47 Å². The molecule has 0 radical (unpaired) electrons. The van der Waals surface area contributed by atoms with E-state index >= 15 is 0 Å². The summed E-state index contributed by atoms with van der Waals surface area (Å²) in [6.45, 7) is 2.05. The molecular formula is C16H16O4S. The fourth-order valence-corrected chi connectivity index (χ4v) is 3.37. The average Bonchev–Trinajstić information content (AvgIpc) is 2.49. The summed E-state index contributed by atoms with van der Waals surface area (Å²) in [7, 11) is 3.14. The first-order valence-corrected chi connectivity index (χ1v) is 7.53. The van der Waals surface area contributed by atoms with Crippen molar-refractivity contribution in [2.45, 2.75) is 23.4 Å². The van der Waals surface area contributed by atoms with E-state index in [0.717, 1.165) is 5.56 Å². The number of hydrogen-bond donors (Lipinski definition) is 0. The van der Waals surface area contributed by atoms with Crippen molar-refractivity contribution in [3.8, 4) is 0 Å². The summed E-state index contributed by atoms with van der Waals surface area (Å²) < 4.78 is 16.3. The van der Waals surface area contributed by atoms with Crippen LogP contribution in [0.1, 0.15) is 24.5 Å². The van der Waals surface area contributed by atoms with Gasteiger partial charge < -0.3 is 13.9 Å². The van der Waals surface area contributed by atoms with Crippen molar-refractivity contribution in [2.75, 3.05) is 14.2 Å². The third-order valence-electron chi connectivity index (χ3n) is 3.42. The standard InChI is InChI=1S/C16H16O4S/c1-9-4-7-12-15(21-9)14(17)11-6-5-10(8-13(11)20-12)16(18-2)19-3/h4-9,16H,1-3H3. The quantitative estimate of drug-likeness (QED) is 0.811. The van der Waals surface area contributed by atoms with Gasteiger partial charge in [0.25, 0.3) is 0 Å². The fraction of sp³-hybridized carbons (Fsp3) is 0.312. The summed E-state index contributed by atoms with van der Waals surface area (Å²) in [5, 5.41) is 0.863. The highest BCUT2D eigenvalue weighted by atomic mass is 32.2. The Bertz CT molecular complexity index is 759. The Kier molecular flexibility index (Phi) is 3.89. The summed E-state index contributed by atoms with van der Waals surface area (Å²) >= 11 is 1.53. The number of benzene rings is 1. The van der Waals surface area contributed by atoms with Crippen LogP contribution in [-0.4, -0.2) is 19.5 Å². The first-order chi connectivity index (χ1) is 10.1. The van der Waals surface area contributed by atoms with Crippen molar-refractivity contribution < 1.29 is 13.9 Å². The Morgan fingerprint density at radius 3 is 2.76 bits per heavy atom. The Morgan fingerprint density at radius 2 is 2.05 bits per heavy atom. The molecule has 0 saturated carbocycles. The van der Waals surface area contributed by atoms with Gasteiger partial charge in [-0.05, 0) is 25.1 Å². The van der Waals surface area contributed by atoms with Crippen LogP contribution < -0.4 is 5.43 Å². The highest BCUT2D eigenvalue weighted by Gasteiger charge is 2.20. The van der Waals surface area contributed by atoms with Crippen LogP contribution in [0.5, 0.6) is 0 Å². The molecule has 1 aliphatic heterocycles. The highest BCUT2D eigenvalue weighted by Crippen LogP contribution is 2.33. The predicted octanol–water partition coefficient (Wildman–Crippen LogP) is 3.59. The summed E-state index contributed by atoms with van der Waals surface area (Å²) in [4.78, 5) is 13.2. The minimum absolute atomic E-state index is 0.0189. The van der Waals surface area contributed by atoms with Gasteiger partial charge >= 0.3 is 0 Å². The van der Waals surface area contributed by atoms with E-state index in [2.05, 4.69) is 6.92 Å². The second-order valence-corrected chi connectivity index (χ2v) is 6.25. The summed E-state index contributed by atoms with van der Waals surface area (Å²) in [6, 6.07) is 5.40. The number of fused-ring (bicyclic) bond motifs is 2. The zero-order chi connectivity index (χ0) is 15.0. The molecule has 2 aromatic rings. The Morgan fingerprint density at radius 1 is 1.29 bits per heavy atom.